The van der Waals surface area contributed by atoms with Crippen molar-refractivity contribution >= 4 is 11.6 Å². The minimum atomic E-state index is 0.207. The number of rotatable bonds is 4. The Morgan fingerprint density at radius 1 is 0.889 bits per heavy atom. The second-order valence-corrected chi connectivity index (χ2v) is 4.79. The van der Waals surface area contributed by atoms with E-state index in [0.717, 1.165) is 11.3 Å². The van der Waals surface area contributed by atoms with Crippen molar-refractivity contribution in [1.29, 1.82) is 0 Å². The molecule has 0 saturated heterocycles. The van der Waals surface area contributed by atoms with Crippen molar-refractivity contribution in [2.45, 2.75) is 25.8 Å². The van der Waals surface area contributed by atoms with Gasteiger partial charge < -0.3 is 4.74 Å². The zero-order chi connectivity index (χ0) is 13.0. The van der Waals surface area contributed by atoms with Gasteiger partial charge in [0.05, 0.1) is 6.10 Å². The van der Waals surface area contributed by atoms with Crippen molar-refractivity contribution in [2.75, 3.05) is 0 Å². The molecule has 0 atom stereocenters. The highest BCUT2D eigenvalue weighted by Crippen LogP contribution is 2.23. The zero-order valence-electron chi connectivity index (χ0n) is 10.7. The number of benzene rings is 2. The van der Waals surface area contributed by atoms with E-state index in [9.17, 15) is 0 Å². The van der Waals surface area contributed by atoms with Gasteiger partial charge >= 0.3 is 0 Å². The Bertz CT molecular complexity index is 486. The van der Waals surface area contributed by atoms with Gasteiger partial charge in [-0.05, 0) is 42.7 Å². The Balaban J connectivity index is 2.17. The first-order valence-electron chi connectivity index (χ1n) is 6.11. The van der Waals surface area contributed by atoms with Gasteiger partial charge in [0, 0.05) is 5.88 Å². The van der Waals surface area contributed by atoms with Crippen molar-refractivity contribution < 1.29 is 4.74 Å². The van der Waals surface area contributed by atoms with Crippen LogP contribution in [0.1, 0.15) is 19.4 Å². The Hall–Kier alpha value is -1.47. The van der Waals surface area contributed by atoms with Crippen LogP contribution in [-0.2, 0) is 5.88 Å². The van der Waals surface area contributed by atoms with Gasteiger partial charge in [0.1, 0.15) is 5.75 Å². The molecular formula is C16H17ClO. The quantitative estimate of drug-likeness (QED) is 0.712. The summed E-state index contributed by atoms with van der Waals surface area (Å²) in [4.78, 5) is 0. The van der Waals surface area contributed by atoms with Crippen LogP contribution in [0.4, 0.5) is 0 Å². The zero-order valence-corrected chi connectivity index (χ0v) is 11.4. The first kappa shape index (κ1) is 13.0. The normalized spacial score (nSPS) is 10.7. The summed E-state index contributed by atoms with van der Waals surface area (Å²) in [5.41, 5.74) is 3.52. The van der Waals surface area contributed by atoms with E-state index in [2.05, 4.69) is 36.4 Å². The topological polar surface area (TPSA) is 9.23 Å². The molecule has 0 aliphatic carbocycles. The molecule has 0 fully saturated rings. The average molecular weight is 261 g/mol. The van der Waals surface area contributed by atoms with E-state index >= 15 is 0 Å². The highest BCUT2D eigenvalue weighted by molar-refractivity contribution is 6.17. The molecule has 0 radical (unpaired) electrons. The Kier molecular flexibility index (Phi) is 4.27. The number of hydrogen-bond acceptors (Lipinski definition) is 1. The van der Waals surface area contributed by atoms with Crippen LogP contribution in [0.25, 0.3) is 11.1 Å². The summed E-state index contributed by atoms with van der Waals surface area (Å²) in [6.45, 7) is 4.05. The van der Waals surface area contributed by atoms with E-state index in [1.807, 2.05) is 26.0 Å². The lowest BCUT2D eigenvalue weighted by atomic mass is 10.0. The molecule has 1 nitrogen and oxygen atoms in total. The predicted molar refractivity (Wildman–Crippen MR) is 77.2 cm³/mol. The molecule has 0 bridgehead atoms. The fourth-order valence-corrected chi connectivity index (χ4v) is 1.96. The van der Waals surface area contributed by atoms with Gasteiger partial charge in [-0.3, -0.25) is 0 Å². The predicted octanol–water partition coefficient (Wildman–Crippen LogP) is 4.88. The van der Waals surface area contributed by atoms with Crippen LogP contribution in [0.3, 0.4) is 0 Å². The number of alkyl halides is 1. The van der Waals surface area contributed by atoms with Crippen LogP contribution in [-0.4, -0.2) is 6.10 Å². The molecule has 18 heavy (non-hydrogen) atoms. The van der Waals surface area contributed by atoms with Crippen molar-refractivity contribution in [3.8, 4) is 16.9 Å². The van der Waals surface area contributed by atoms with Crippen molar-refractivity contribution in [3.63, 3.8) is 0 Å². The maximum Gasteiger partial charge on any atom is 0.119 e. The summed E-state index contributed by atoms with van der Waals surface area (Å²) in [5, 5.41) is 0. The minimum Gasteiger partial charge on any atom is -0.491 e. The number of halogens is 1. The van der Waals surface area contributed by atoms with E-state index in [-0.39, 0.29) is 6.10 Å². The van der Waals surface area contributed by atoms with Gasteiger partial charge in [0.2, 0.25) is 0 Å². The fraction of sp³-hybridized carbons (Fsp3) is 0.250. The molecule has 2 heteroatoms. The van der Waals surface area contributed by atoms with Gasteiger partial charge in [-0.1, -0.05) is 36.4 Å². The third-order valence-electron chi connectivity index (χ3n) is 2.67. The van der Waals surface area contributed by atoms with Crippen LogP contribution in [0.5, 0.6) is 5.75 Å². The Morgan fingerprint density at radius 3 is 1.83 bits per heavy atom. The molecule has 2 rings (SSSR count). The summed E-state index contributed by atoms with van der Waals surface area (Å²) in [6, 6.07) is 16.5. The highest BCUT2D eigenvalue weighted by Gasteiger charge is 2.00. The smallest absolute Gasteiger partial charge is 0.119 e. The lowest BCUT2D eigenvalue weighted by Crippen LogP contribution is -2.05. The molecule has 0 saturated carbocycles. The first-order chi connectivity index (χ1) is 8.69. The van der Waals surface area contributed by atoms with E-state index in [1.54, 1.807) is 0 Å². The van der Waals surface area contributed by atoms with E-state index in [1.165, 1.54) is 11.1 Å². The van der Waals surface area contributed by atoms with E-state index in [0.29, 0.717) is 5.88 Å². The molecule has 0 spiro atoms. The Labute approximate surface area is 113 Å². The summed E-state index contributed by atoms with van der Waals surface area (Å²) < 4.78 is 5.62. The third-order valence-corrected chi connectivity index (χ3v) is 2.98. The SMILES string of the molecule is CC(C)Oc1ccc(-c2ccc(CCl)cc2)cc1. The van der Waals surface area contributed by atoms with E-state index in [4.69, 9.17) is 16.3 Å². The van der Waals surface area contributed by atoms with Gasteiger partial charge in [0.25, 0.3) is 0 Å². The molecule has 0 unspecified atom stereocenters. The molecule has 0 heterocycles. The lowest BCUT2D eigenvalue weighted by molar-refractivity contribution is 0.242. The summed E-state index contributed by atoms with van der Waals surface area (Å²) in [5.74, 6) is 1.47. The van der Waals surface area contributed by atoms with Gasteiger partial charge in [-0.15, -0.1) is 11.6 Å². The van der Waals surface area contributed by atoms with E-state index < -0.39 is 0 Å². The molecular weight excluding hydrogens is 244 g/mol. The van der Waals surface area contributed by atoms with Crippen LogP contribution in [0.15, 0.2) is 48.5 Å². The third kappa shape index (κ3) is 3.27. The number of ether oxygens (including phenoxy) is 1. The summed E-state index contributed by atoms with van der Waals surface area (Å²) in [6.07, 6.45) is 0.207. The summed E-state index contributed by atoms with van der Waals surface area (Å²) >= 11 is 5.78. The maximum atomic E-state index is 5.78. The van der Waals surface area contributed by atoms with Crippen molar-refractivity contribution in [2.24, 2.45) is 0 Å². The second-order valence-electron chi connectivity index (χ2n) is 4.52. The lowest BCUT2D eigenvalue weighted by Gasteiger charge is -2.10. The van der Waals surface area contributed by atoms with Crippen molar-refractivity contribution in [3.05, 3.63) is 54.1 Å². The highest BCUT2D eigenvalue weighted by atomic mass is 35.5. The fourth-order valence-electron chi connectivity index (χ4n) is 1.78. The van der Waals surface area contributed by atoms with Crippen LogP contribution < -0.4 is 4.74 Å². The standard InChI is InChI=1S/C16H17ClO/c1-12(2)18-16-9-7-15(8-10-16)14-5-3-13(11-17)4-6-14/h3-10,12H,11H2,1-2H3. The molecule has 0 amide bonds. The molecule has 0 aromatic heterocycles. The average Bonchev–Trinajstić information content (AvgIpc) is 2.39. The minimum absolute atomic E-state index is 0.207. The first-order valence-corrected chi connectivity index (χ1v) is 6.64. The van der Waals surface area contributed by atoms with Gasteiger partial charge in [0.15, 0.2) is 0 Å². The molecule has 0 aliphatic rings. The van der Waals surface area contributed by atoms with Crippen LogP contribution in [0.2, 0.25) is 0 Å². The largest absolute Gasteiger partial charge is 0.491 e. The number of hydrogen-bond donors (Lipinski definition) is 0. The second kappa shape index (κ2) is 5.92. The monoisotopic (exact) mass is 260 g/mol. The van der Waals surface area contributed by atoms with Gasteiger partial charge in [-0.2, -0.15) is 0 Å². The molecule has 2 aromatic rings. The molecule has 2 aromatic carbocycles. The van der Waals surface area contributed by atoms with Crippen LogP contribution in [0, 0.1) is 0 Å². The van der Waals surface area contributed by atoms with Crippen molar-refractivity contribution in [1.82, 2.24) is 0 Å². The van der Waals surface area contributed by atoms with Crippen LogP contribution >= 0.6 is 11.6 Å². The Morgan fingerprint density at radius 2 is 1.39 bits per heavy atom. The molecule has 0 aliphatic heterocycles. The summed E-state index contributed by atoms with van der Waals surface area (Å²) in [7, 11) is 0. The van der Waals surface area contributed by atoms with Gasteiger partial charge in [-0.25, -0.2) is 0 Å². The maximum absolute atomic E-state index is 5.78. The molecule has 0 N–H and O–H groups in total. The molecule has 94 valence electrons.